The maximum Gasteiger partial charge on any atom is 0.270 e. The van der Waals surface area contributed by atoms with Crippen LogP contribution in [-0.2, 0) is 6.54 Å². The summed E-state index contributed by atoms with van der Waals surface area (Å²) < 4.78 is 12.7. The van der Waals surface area contributed by atoms with Crippen molar-refractivity contribution in [1.29, 1.82) is 0 Å². The average Bonchev–Trinajstić information content (AvgIpc) is 3.50. The summed E-state index contributed by atoms with van der Waals surface area (Å²) in [5.74, 6) is 1.39. The lowest BCUT2D eigenvalue weighted by atomic mass is 10.1. The predicted molar refractivity (Wildman–Crippen MR) is 141 cm³/mol. The second-order valence-corrected chi connectivity index (χ2v) is 9.87. The molecule has 36 heavy (non-hydrogen) atoms. The first-order valence-electron chi connectivity index (χ1n) is 11.9. The molecule has 1 fully saturated rings. The second kappa shape index (κ2) is 10.1. The molecule has 2 aromatic carbocycles. The van der Waals surface area contributed by atoms with Crippen LogP contribution in [0.5, 0.6) is 11.5 Å². The van der Waals surface area contributed by atoms with Crippen molar-refractivity contribution in [3.63, 3.8) is 0 Å². The van der Waals surface area contributed by atoms with Crippen LogP contribution < -0.4 is 9.47 Å². The van der Waals surface area contributed by atoms with Crippen molar-refractivity contribution in [2.24, 2.45) is 0 Å². The van der Waals surface area contributed by atoms with Crippen LogP contribution in [0.3, 0.4) is 0 Å². The zero-order valence-corrected chi connectivity index (χ0v) is 21.5. The summed E-state index contributed by atoms with van der Waals surface area (Å²) in [6.07, 6.45) is 0. The Labute approximate surface area is 214 Å². The molecule has 4 aromatic rings. The van der Waals surface area contributed by atoms with Gasteiger partial charge in [0.2, 0.25) is 0 Å². The molecule has 5 rings (SSSR count). The fourth-order valence-electron chi connectivity index (χ4n) is 4.79. The molecule has 7 nitrogen and oxygen atoms in total. The van der Waals surface area contributed by atoms with E-state index in [0.29, 0.717) is 43.2 Å². The molecule has 1 unspecified atom stereocenters. The first-order chi connectivity index (χ1) is 17.5. The van der Waals surface area contributed by atoms with Crippen LogP contribution in [0, 0.1) is 0 Å². The maximum atomic E-state index is 13.7. The minimum atomic E-state index is -0.107. The van der Waals surface area contributed by atoms with E-state index in [4.69, 9.17) is 9.47 Å². The van der Waals surface area contributed by atoms with Crippen LogP contribution in [0.25, 0.3) is 10.2 Å². The first kappa shape index (κ1) is 23.9. The van der Waals surface area contributed by atoms with Crippen LogP contribution in [-0.4, -0.2) is 66.1 Å². The molecule has 0 N–H and O–H groups in total. The summed E-state index contributed by atoms with van der Waals surface area (Å²) >= 11 is 1.63. The third-order valence-corrected chi connectivity index (χ3v) is 7.64. The standard InChI is InChI=1S/C28H29N3O4S/c1-19-17-29(11-12-30(19)26(32)21-7-5-9-24(15-21)35-3)27(33)25-16-22-10-13-36-28(22)31(25)18-20-6-4-8-23(14-20)34-2/h4-10,13-16,19H,11-12,17-18H2,1-3H3. The number of hydrogen-bond donors (Lipinski definition) is 0. The van der Waals surface area contributed by atoms with Gasteiger partial charge < -0.3 is 23.8 Å². The molecular weight excluding hydrogens is 474 g/mol. The molecule has 1 aliphatic heterocycles. The van der Waals surface area contributed by atoms with E-state index >= 15 is 0 Å². The van der Waals surface area contributed by atoms with Gasteiger partial charge in [-0.3, -0.25) is 9.59 Å². The Morgan fingerprint density at radius 3 is 2.44 bits per heavy atom. The number of thiophene rings is 1. The van der Waals surface area contributed by atoms with Gasteiger partial charge in [0.25, 0.3) is 11.8 Å². The Morgan fingerprint density at radius 1 is 0.944 bits per heavy atom. The van der Waals surface area contributed by atoms with Crippen molar-refractivity contribution < 1.29 is 19.1 Å². The quantitative estimate of drug-likeness (QED) is 0.381. The normalized spacial score (nSPS) is 15.8. The zero-order chi connectivity index (χ0) is 25.2. The fraction of sp³-hybridized carbons (Fsp3) is 0.286. The van der Waals surface area contributed by atoms with Crippen molar-refractivity contribution >= 4 is 33.4 Å². The highest BCUT2D eigenvalue weighted by molar-refractivity contribution is 7.16. The van der Waals surface area contributed by atoms with E-state index in [0.717, 1.165) is 21.5 Å². The number of methoxy groups -OCH3 is 2. The smallest absolute Gasteiger partial charge is 0.270 e. The molecule has 0 saturated carbocycles. The number of piperazine rings is 1. The van der Waals surface area contributed by atoms with Gasteiger partial charge in [0.05, 0.1) is 14.2 Å². The van der Waals surface area contributed by atoms with Crippen molar-refractivity contribution in [1.82, 2.24) is 14.4 Å². The van der Waals surface area contributed by atoms with Crippen molar-refractivity contribution in [3.05, 3.63) is 82.9 Å². The number of rotatable bonds is 6. The van der Waals surface area contributed by atoms with Gasteiger partial charge in [0.15, 0.2) is 0 Å². The highest BCUT2D eigenvalue weighted by Crippen LogP contribution is 2.28. The van der Waals surface area contributed by atoms with Crippen LogP contribution in [0.2, 0.25) is 0 Å². The van der Waals surface area contributed by atoms with Gasteiger partial charge in [-0.25, -0.2) is 0 Å². The van der Waals surface area contributed by atoms with Gasteiger partial charge in [-0.05, 0) is 60.3 Å². The van der Waals surface area contributed by atoms with E-state index < -0.39 is 0 Å². The number of aromatic nitrogens is 1. The molecule has 2 amide bonds. The van der Waals surface area contributed by atoms with Gasteiger partial charge in [0.1, 0.15) is 22.0 Å². The van der Waals surface area contributed by atoms with E-state index in [9.17, 15) is 9.59 Å². The summed E-state index contributed by atoms with van der Waals surface area (Å²) in [6.45, 7) is 4.01. The van der Waals surface area contributed by atoms with Crippen LogP contribution in [0.1, 0.15) is 33.3 Å². The van der Waals surface area contributed by atoms with Gasteiger partial charge in [0, 0.05) is 43.2 Å². The Balaban J connectivity index is 1.36. The van der Waals surface area contributed by atoms with Crippen LogP contribution >= 0.6 is 11.3 Å². The number of nitrogens with zero attached hydrogens (tertiary/aromatic N) is 3. The summed E-state index contributed by atoms with van der Waals surface area (Å²) in [5, 5.41) is 3.11. The molecular formula is C28H29N3O4S. The molecule has 8 heteroatoms. The topological polar surface area (TPSA) is 64.0 Å². The van der Waals surface area contributed by atoms with Crippen molar-refractivity contribution in [2.45, 2.75) is 19.5 Å². The number of fused-ring (bicyclic) bond motifs is 1. The molecule has 0 spiro atoms. The van der Waals surface area contributed by atoms with Crippen LogP contribution in [0.15, 0.2) is 66.0 Å². The number of amides is 2. The molecule has 2 aromatic heterocycles. The fourth-order valence-corrected chi connectivity index (χ4v) is 5.69. The van der Waals surface area contributed by atoms with Gasteiger partial charge >= 0.3 is 0 Å². The van der Waals surface area contributed by atoms with E-state index in [1.54, 1.807) is 37.7 Å². The number of carbonyl (C=O) groups is 2. The van der Waals surface area contributed by atoms with E-state index in [-0.39, 0.29) is 17.9 Å². The summed E-state index contributed by atoms with van der Waals surface area (Å²) in [7, 11) is 3.24. The Hall–Kier alpha value is -3.78. The number of benzene rings is 2. The number of ether oxygens (including phenoxy) is 2. The molecule has 0 radical (unpaired) electrons. The lowest BCUT2D eigenvalue weighted by Gasteiger charge is -2.40. The van der Waals surface area contributed by atoms with Crippen molar-refractivity contribution in [2.75, 3.05) is 33.9 Å². The number of hydrogen-bond acceptors (Lipinski definition) is 5. The Morgan fingerprint density at radius 2 is 1.69 bits per heavy atom. The molecule has 186 valence electrons. The minimum absolute atomic E-state index is 0.0124. The average molecular weight is 504 g/mol. The Kier molecular flexibility index (Phi) is 6.69. The maximum absolute atomic E-state index is 13.7. The lowest BCUT2D eigenvalue weighted by molar-refractivity contribution is 0.0409. The Bertz CT molecular complexity index is 1410. The molecule has 3 heterocycles. The first-order valence-corrected chi connectivity index (χ1v) is 12.8. The van der Waals surface area contributed by atoms with E-state index in [1.165, 1.54) is 0 Å². The highest BCUT2D eigenvalue weighted by atomic mass is 32.1. The second-order valence-electron chi connectivity index (χ2n) is 8.98. The molecule has 1 aliphatic rings. The van der Waals surface area contributed by atoms with Crippen LogP contribution in [0.4, 0.5) is 0 Å². The third kappa shape index (κ3) is 4.56. The van der Waals surface area contributed by atoms with Crippen molar-refractivity contribution in [3.8, 4) is 11.5 Å². The molecule has 1 atom stereocenters. The molecule has 0 bridgehead atoms. The largest absolute Gasteiger partial charge is 0.497 e. The lowest BCUT2D eigenvalue weighted by Crippen LogP contribution is -2.55. The minimum Gasteiger partial charge on any atom is -0.497 e. The summed E-state index contributed by atoms with van der Waals surface area (Å²) in [5.41, 5.74) is 2.32. The molecule has 0 aliphatic carbocycles. The summed E-state index contributed by atoms with van der Waals surface area (Å²) in [6, 6.07) is 19.0. The van der Waals surface area contributed by atoms with E-state index in [2.05, 4.69) is 4.57 Å². The molecule has 1 saturated heterocycles. The third-order valence-electron chi connectivity index (χ3n) is 6.69. The van der Waals surface area contributed by atoms with Gasteiger partial charge in [-0.15, -0.1) is 11.3 Å². The summed E-state index contributed by atoms with van der Waals surface area (Å²) in [4.78, 5) is 31.7. The SMILES string of the molecule is COc1cccc(Cn2c(C(=O)N3CCN(C(=O)c4cccc(OC)c4)C(C)C3)cc3ccsc32)c1. The monoisotopic (exact) mass is 503 g/mol. The highest BCUT2D eigenvalue weighted by Gasteiger charge is 2.32. The van der Waals surface area contributed by atoms with Gasteiger partial charge in [-0.1, -0.05) is 18.2 Å². The zero-order valence-electron chi connectivity index (χ0n) is 20.6. The predicted octanol–water partition coefficient (Wildman–Crippen LogP) is 4.76. The van der Waals surface area contributed by atoms with Gasteiger partial charge in [-0.2, -0.15) is 0 Å². The number of carbonyl (C=O) groups excluding carboxylic acids is 2. The van der Waals surface area contributed by atoms with E-state index in [1.807, 2.05) is 70.6 Å².